The summed E-state index contributed by atoms with van der Waals surface area (Å²) < 4.78 is 7.78. The molecule has 0 saturated heterocycles. The van der Waals surface area contributed by atoms with E-state index in [9.17, 15) is 4.79 Å². The van der Waals surface area contributed by atoms with E-state index in [2.05, 4.69) is 15.7 Å². The lowest BCUT2D eigenvalue weighted by Crippen LogP contribution is -2.30. The van der Waals surface area contributed by atoms with Crippen LogP contribution in [0.25, 0.3) is 5.69 Å². The highest BCUT2D eigenvalue weighted by Gasteiger charge is 2.16. The number of carbonyl (C=O) groups excluding carboxylic acids is 1. The number of ether oxygens (including phenoxy) is 1. The summed E-state index contributed by atoms with van der Waals surface area (Å²) in [5, 5.41) is 10.3. The molecule has 6 nitrogen and oxygen atoms in total. The average Bonchev–Trinajstić information content (AvgIpc) is 3.42. The molecule has 1 heterocycles. The summed E-state index contributed by atoms with van der Waals surface area (Å²) in [6, 6.07) is 19.2. The Kier molecular flexibility index (Phi) is 6.10. The normalized spacial score (nSPS) is 13.9. The molecule has 0 radical (unpaired) electrons. The second-order valence-corrected chi connectivity index (χ2v) is 7.27. The first kappa shape index (κ1) is 19.1. The van der Waals surface area contributed by atoms with Crippen molar-refractivity contribution in [2.75, 3.05) is 11.9 Å². The van der Waals surface area contributed by atoms with Gasteiger partial charge in [-0.1, -0.05) is 18.2 Å². The van der Waals surface area contributed by atoms with Gasteiger partial charge in [0, 0.05) is 24.8 Å². The monoisotopic (exact) mass is 390 g/mol. The number of hydrogen-bond acceptors (Lipinski definition) is 3. The van der Waals surface area contributed by atoms with Crippen LogP contribution in [-0.4, -0.2) is 28.5 Å². The first-order valence-corrected chi connectivity index (χ1v) is 10.2. The zero-order valence-electron chi connectivity index (χ0n) is 16.4. The third kappa shape index (κ3) is 5.38. The van der Waals surface area contributed by atoms with E-state index in [1.165, 1.54) is 12.8 Å². The van der Waals surface area contributed by atoms with Crippen molar-refractivity contribution in [2.24, 2.45) is 0 Å². The molecule has 2 amide bonds. The maximum atomic E-state index is 12.1. The van der Waals surface area contributed by atoms with Gasteiger partial charge in [0.05, 0.1) is 17.5 Å². The van der Waals surface area contributed by atoms with Crippen molar-refractivity contribution in [1.82, 2.24) is 15.1 Å². The van der Waals surface area contributed by atoms with Gasteiger partial charge in [-0.2, -0.15) is 5.10 Å². The van der Waals surface area contributed by atoms with E-state index < -0.39 is 0 Å². The highest BCUT2D eigenvalue weighted by atomic mass is 16.5. The van der Waals surface area contributed by atoms with E-state index >= 15 is 0 Å². The van der Waals surface area contributed by atoms with Gasteiger partial charge in [0.25, 0.3) is 0 Å². The molecule has 29 heavy (non-hydrogen) atoms. The molecule has 1 fully saturated rings. The van der Waals surface area contributed by atoms with Gasteiger partial charge in [-0.05, 0) is 68.1 Å². The molecular formula is C23H26N4O2. The second kappa shape index (κ2) is 9.28. The largest absolute Gasteiger partial charge is 0.490 e. The van der Waals surface area contributed by atoms with E-state index in [1.54, 1.807) is 0 Å². The van der Waals surface area contributed by atoms with Crippen LogP contribution in [0.3, 0.4) is 0 Å². The van der Waals surface area contributed by atoms with Crippen LogP contribution in [0.4, 0.5) is 10.5 Å². The lowest BCUT2D eigenvalue weighted by atomic mass is 10.2. The minimum atomic E-state index is -0.225. The molecule has 1 aliphatic rings. The number of rotatable bonds is 7. The molecule has 0 aliphatic heterocycles. The number of urea groups is 1. The Balaban J connectivity index is 1.20. The maximum Gasteiger partial charge on any atom is 0.319 e. The fourth-order valence-corrected chi connectivity index (χ4v) is 3.51. The molecule has 3 aromatic rings. The van der Waals surface area contributed by atoms with Crippen molar-refractivity contribution >= 4 is 11.7 Å². The molecule has 1 saturated carbocycles. The molecule has 2 aromatic carbocycles. The van der Waals surface area contributed by atoms with E-state index in [1.807, 2.05) is 71.5 Å². The molecule has 150 valence electrons. The Labute approximate surface area is 170 Å². The number of nitrogens with one attached hydrogen (secondary N) is 2. The third-order valence-corrected chi connectivity index (χ3v) is 5.05. The van der Waals surface area contributed by atoms with Crippen LogP contribution in [0.15, 0.2) is 66.9 Å². The third-order valence-electron chi connectivity index (χ3n) is 5.05. The quantitative estimate of drug-likeness (QED) is 0.621. The highest BCUT2D eigenvalue weighted by Crippen LogP contribution is 2.24. The van der Waals surface area contributed by atoms with Gasteiger partial charge < -0.3 is 15.4 Å². The van der Waals surface area contributed by atoms with Gasteiger partial charge >= 0.3 is 6.03 Å². The summed E-state index contributed by atoms with van der Waals surface area (Å²) in [4.78, 5) is 12.1. The number of aromatic nitrogens is 2. The van der Waals surface area contributed by atoms with Crippen LogP contribution in [0, 0.1) is 0 Å². The number of nitrogens with zero attached hydrogens (tertiary/aromatic N) is 2. The van der Waals surface area contributed by atoms with Crippen LogP contribution in [-0.2, 0) is 6.42 Å². The fourth-order valence-electron chi connectivity index (χ4n) is 3.51. The summed E-state index contributed by atoms with van der Waals surface area (Å²) in [5.74, 6) is 0.858. The lowest BCUT2D eigenvalue weighted by molar-refractivity contribution is 0.210. The van der Waals surface area contributed by atoms with Gasteiger partial charge in [0.1, 0.15) is 5.75 Å². The number of hydrogen-bond donors (Lipinski definition) is 2. The molecule has 0 bridgehead atoms. The van der Waals surface area contributed by atoms with Crippen molar-refractivity contribution in [3.8, 4) is 11.4 Å². The molecule has 1 aliphatic carbocycles. The van der Waals surface area contributed by atoms with E-state index in [-0.39, 0.29) is 6.03 Å². The topological polar surface area (TPSA) is 68.2 Å². The Morgan fingerprint density at radius 3 is 2.55 bits per heavy atom. The first-order valence-electron chi connectivity index (χ1n) is 10.2. The molecule has 2 N–H and O–H groups in total. The van der Waals surface area contributed by atoms with Crippen LogP contribution < -0.4 is 15.4 Å². The van der Waals surface area contributed by atoms with E-state index in [0.29, 0.717) is 19.1 Å². The molecule has 0 atom stereocenters. The SMILES string of the molecule is O=C(NCCc1ccn(-c2ccccc2)n1)Nc1ccc(OC2CCCC2)cc1. The number of benzene rings is 2. The predicted octanol–water partition coefficient (Wildman–Crippen LogP) is 4.56. The molecule has 4 rings (SSSR count). The van der Waals surface area contributed by atoms with Crippen LogP contribution in [0.2, 0.25) is 0 Å². The van der Waals surface area contributed by atoms with Gasteiger partial charge in [0.15, 0.2) is 0 Å². The number of carbonyl (C=O) groups is 1. The summed E-state index contributed by atoms with van der Waals surface area (Å²) in [6.45, 7) is 0.514. The Morgan fingerprint density at radius 2 is 1.79 bits per heavy atom. The average molecular weight is 390 g/mol. The maximum absolute atomic E-state index is 12.1. The molecule has 1 aromatic heterocycles. The van der Waals surface area contributed by atoms with Crippen molar-refractivity contribution in [1.29, 1.82) is 0 Å². The Morgan fingerprint density at radius 1 is 1.03 bits per heavy atom. The van der Waals surface area contributed by atoms with Gasteiger partial charge in [0.2, 0.25) is 0 Å². The van der Waals surface area contributed by atoms with Crippen LogP contribution in [0.1, 0.15) is 31.4 Å². The van der Waals surface area contributed by atoms with Crippen molar-refractivity contribution in [3.63, 3.8) is 0 Å². The zero-order valence-corrected chi connectivity index (χ0v) is 16.4. The van der Waals surface area contributed by atoms with Gasteiger partial charge in [-0.15, -0.1) is 0 Å². The standard InChI is InChI=1S/C23H26N4O2/c28-23(25-18-10-12-22(13-11-18)29-21-8-4-5-9-21)24-16-14-19-15-17-27(26-19)20-6-2-1-3-7-20/h1-3,6-7,10-13,15,17,21H,4-5,8-9,14,16H2,(H2,24,25,28). The van der Waals surface area contributed by atoms with E-state index in [4.69, 9.17) is 4.74 Å². The van der Waals surface area contributed by atoms with Crippen molar-refractivity contribution in [2.45, 2.75) is 38.2 Å². The van der Waals surface area contributed by atoms with E-state index in [0.717, 1.165) is 35.7 Å². The molecular weight excluding hydrogens is 364 g/mol. The minimum Gasteiger partial charge on any atom is -0.490 e. The predicted molar refractivity (Wildman–Crippen MR) is 114 cm³/mol. The molecule has 0 unspecified atom stereocenters. The van der Waals surface area contributed by atoms with Crippen LogP contribution >= 0.6 is 0 Å². The number of para-hydroxylation sites is 1. The fraction of sp³-hybridized carbons (Fsp3) is 0.304. The van der Waals surface area contributed by atoms with Crippen LogP contribution in [0.5, 0.6) is 5.75 Å². The van der Waals surface area contributed by atoms with Gasteiger partial charge in [-0.3, -0.25) is 0 Å². The first-order chi connectivity index (χ1) is 14.3. The lowest BCUT2D eigenvalue weighted by Gasteiger charge is -2.13. The van der Waals surface area contributed by atoms with Crippen molar-refractivity contribution < 1.29 is 9.53 Å². The summed E-state index contributed by atoms with van der Waals surface area (Å²) in [5.41, 5.74) is 2.70. The highest BCUT2D eigenvalue weighted by molar-refractivity contribution is 5.89. The molecule has 0 spiro atoms. The Bertz CT molecular complexity index is 916. The number of amides is 2. The smallest absolute Gasteiger partial charge is 0.319 e. The van der Waals surface area contributed by atoms with Crippen molar-refractivity contribution in [3.05, 3.63) is 72.6 Å². The minimum absolute atomic E-state index is 0.225. The number of anilines is 1. The molecule has 6 heteroatoms. The summed E-state index contributed by atoms with van der Waals surface area (Å²) >= 11 is 0. The second-order valence-electron chi connectivity index (χ2n) is 7.27. The zero-order chi connectivity index (χ0) is 19.9. The Hall–Kier alpha value is -3.28. The summed E-state index contributed by atoms with van der Waals surface area (Å²) in [6.07, 6.45) is 7.69. The van der Waals surface area contributed by atoms with Gasteiger partial charge in [-0.25, -0.2) is 9.48 Å². The summed E-state index contributed by atoms with van der Waals surface area (Å²) in [7, 11) is 0.